The lowest BCUT2D eigenvalue weighted by molar-refractivity contribution is 0.0983. The molecular formula is C28H42N2O3. The molecule has 0 aliphatic carbocycles. The van der Waals surface area contributed by atoms with Crippen molar-refractivity contribution in [3.05, 3.63) is 69.2 Å². The molecule has 0 radical (unpaired) electrons. The number of rotatable bonds is 4. The summed E-state index contributed by atoms with van der Waals surface area (Å²) in [6.45, 7) is 20.4. The number of fused-ring (bicyclic) bond motifs is 1. The molecule has 0 saturated heterocycles. The van der Waals surface area contributed by atoms with E-state index < -0.39 is 5.91 Å². The van der Waals surface area contributed by atoms with Crippen LogP contribution in [0.25, 0.3) is 11.0 Å². The predicted molar refractivity (Wildman–Crippen MR) is 142 cm³/mol. The minimum Gasteiger partial charge on any atom is -0.463 e. The number of amides is 1. The van der Waals surface area contributed by atoms with Crippen LogP contribution in [0.3, 0.4) is 0 Å². The van der Waals surface area contributed by atoms with Crippen LogP contribution in [0, 0.1) is 20.8 Å². The van der Waals surface area contributed by atoms with Gasteiger partial charge in [-0.25, -0.2) is 4.98 Å². The lowest BCUT2D eigenvalue weighted by Crippen LogP contribution is -2.35. The van der Waals surface area contributed by atoms with Gasteiger partial charge in [-0.3, -0.25) is 14.5 Å². The maximum atomic E-state index is 13.1. The monoisotopic (exact) mass is 454 g/mol. The number of nitrogens with zero attached hydrogens (tertiary/aromatic N) is 2. The van der Waals surface area contributed by atoms with Crippen LogP contribution in [-0.4, -0.2) is 17.4 Å². The fourth-order valence-electron chi connectivity index (χ4n) is 3.05. The molecule has 0 bridgehead atoms. The van der Waals surface area contributed by atoms with Crippen molar-refractivity contribution in [3.8, 4) is 0 Å². The summed E-state index contributed by atoms with van der Waals surface area (Å²) in [7, 11) is 0. The van der Waals surface area contributed by atoms with Gasteiger partial charge in [-0.15, -0.1) is 0 Å². The first-order chi connectivity index (χ1) is 15.8. The molecule has 0 saturated carbocycles. The van der Waals surface area contributed by atoms with Crippen LogP contribution in [0.1, 0.15) is 88.4 Å². The molecule has 0 spiro atoms. The lowest BCUT2D eigenvalue weighted by Gasteiger charge is -2.21. The Labute approximate surface area is 199 Å². The standard InChI is InChI=1S/C21H22N2O3.C3H8.2C2H6/c1-5-8-23(18-7-6-13(2)11-22-18)21(25)17-12-26-20-15(4)9-14(3)10-16(20)19(17)24;1-3-2;2*1-2/h6-7,9-12H,5,8H2,1-4H3;3H2,1-2H3;2*1-2H3. The van der Waals surface area contributed by atoms with Crippen LogP contribution in [0.4, 0.5) is 5.82 Å². The highest BCUT2D eigenvalue weighted by molar-refractivity contribution is 6.06. The molecule has 0 N–H and O–H groups in total. The molecule has 1 amide bonds. The molecule has 5 heteroatoms. The first-order valence-corrected chi connectivity index (χ1v) is 12.1. The van der Waals surface area contributed by atoms with Gasteiger partial charge >= 0.3 is 0 Å². The van der Waals surface area contributed by atoms with Gasteiger partial charge in [0.15, 0.2) is 0 Å². The molecule has 1 aromatic carbocycles. The van der Waals surface area contributed by atoms with Crippen molar-refractivity contribution in [2.45, 2.75) is 82.1 Å². The SMILES string of the molecule is CC.CC.CCC.CCCN(C(=O)c1coc2c(C)cc(C)cc2c1=O)c1ccc(C)cn1. The quantitative estimate of drug-likeness (QED) is 0.406. The van der Waals surface area contributed by atoms with Gasteiger partial charge in [0, 0.05) is 12.7 Å². The van der Waals surface area contributed by atoms with Crippen molar-refractivity contribution >= 4 is 22.7 Å². The third-order valence-electron chi connectivity index (χ3n) is 4.30. The van der Waals surface area contributed by atoms with E-state index in [9.17, 15) is 9.59 Å². The van der Waals surface area contributed by atoms with Gasteiger partial charge < -0.3 is 4.42 Å². The maximum absolute atomic E-state index is 13.1. The molecule has 2 aromatic heterocycles. The first-order valence-electron chi connectivity index (χ1n) is 12.1. The van der Waals surface area contributed by atoms with E-state index in [1.54, 1.807) is 18.3 Å². The molecule has 182 valence electrons. The summed E-state index contributed by atoms with van der Waals surface area (Å²) in [6, 6.07) is 7.40. The highest BCUT2D eigenvalue weighted by Gasteiger charge is 2.23. The molecular weight excluding hydrogens is 412 g/mol. The molecule has 3 rings (SSSR count). The summed E-state index contributed by atoms with van der Waals surface area (Å²) in [5.41, 5.74) is 3.08. The smallest absolute Gasteiger partial charge is 0.266 e. The highest BCUT2D eigenvalue weighted by atomic mass is 16.3. The Hall–Kier alpha value is -2.95. The van der Waals surface area contributed by atoms with E-state index in [0.29, 0.717) is 23.3 Å². The Morgan fingerprint density at radius 1 is 0.970 bits per heavy atom. The molecule has 5 nitrogen and oxygen atoms in total. The number of carbonyl (C=O) groups excluding carboxylic acids is 1. The second kappa shape index (κ2) is 15.8. The Balaban J connectivity index is 0.00000132. The van der Waals surface area contributed by atoms with Crippen LogP contribution in [0.2, 0.25) is 0 Å². The summed E-state index contributed by atoms with van der Waals surface area (Å²) >= 11 is 0. The van der Waals surface area contributed by atoms with Crippen LogP contribution in [0.15, 0.2) is 45.9 Å². The van der Waals surface area contributed by atoms with Crippen molar-refractivity contribution < 1.29 is 9.21 Å². The van der Waals surface area contributed by atoms with E-state index in [-0.39, 0.29) is 11.0 Å². The largest absolute Gasteiger partial charge is 0.463 e. The summed E-state index contributed by atoms with van der Waals surface area (Å²) in [6.07, 6.45) is 4.98. The van der Waals surface area contributed by atoms with Crippen molar-refractivity contribution in [1.82, 2.24) is 4.98 Å². The molecule has 0 fully saturated rings. The Morgan fingerprint density at radius 2 is 1.58 bits per heavy atom. The van der Waals surface area contributed by atoms with Gasteiger partial charge in [-0.1, -0.05) is 67.0 Å². The van der Waals surface area contributed by atoms with Gasteiger partial charge in [0.2, 0.25) is 5.43 Å². The number of hydrogen-bond donors (Lipinski definition) is 0. The normalized spacial score (nSPS) is 9.52. The van der Waals surface area contributed by atoms with Crippen LogP contribution in [0.5, 0.6) is 0 Å². The Kier molecular flexibility index (Phi) is 14.4. The summed E-state index contributed by atoms with van der Waals surface area (Å²) in [4.78, 5) is 31.9. The molecule has 0 atom stereocenters. The summed E-state index contributed by atoms with van der Waals surface area (Å²) < 4.78 is 5.65. The zero-order chi connectivity index (χ0) is 25.6. The number of aromatic nitrogens is 1. The summed E-state index contributed by atoms with van der Waals surface area (Å²) in [5, 5.41) is 0.432. The number of benzene rings is 1. The summed E-state index contributed by atoms with van der Waals surface area (Å²) in [5.74, 6) is 0.139. The zero-order valence-corrected chi connectivity index (χ0v) is 22.2. The third kappa shape index (κ3) is 8.16. The number of carbonyl (C=O) groups is 1. The maximum Gasteiger partial charge on any atom is 0.266 e. The number of anilines is 1. The van der Waals surface area contributed by atoms with Gasteiger partial charge in [0.05, 0.1) is 5.39 Å². The lowest BCUT2D eigenvalue weighted by atomic mass is 10.1. The molecule has 33 heavy (non-hydrogen) atoms. The van der Waals surface area contributed by atoms with E-state index in [2.05, 4.69) is 18.8 Å². The van der Waals surface area contributed by atoms with Crippen LogP contribution in [-0.2, 0) is 0 Å². The van der Waals surface area contributed by atoms with Crippen LogP contribution >= 0.6 is 0 Å². The Bertz CT molecular complexity index is 1040. The number of aryl methyl sites for hydroxylation is 3. The van der Waals surface area contributed by atoms with E-state index in [4.69, 9.17) is 4.42 Å². The van der Waals surface area contributed by atoms with E-state index in [1.165, 1.54) is 17.6 Å². The second-order valence-corrected chi connectivity index (χ2v) is 7.29. The molecule has 0 aliphatic heterocycles. The van der Waals surface area contributed by atoms with Gasteiger partial charge in [-0.05, 0) is 56.0 Å². The van der Waals surface area contributed by atoms with Crippen LogP contribution < -0.4 is 10.3 Å². The Morgan fingerprint density at radius 3 is 2.09 bits per heavy atom. The number of hydrogen-bond acceptors (Lipinski definition) is 4. The zero-order valence-electron chi connectivity index (χ0n) is 22.2. The van der Waals surface area contributed by atoms with Crippen molar-refractivity contribution in [2.24, 2.45) is 0 Å². The van der Waals surface area contributed by atoms with E-state index in [0.717, 1.165) is 23.1 Å². The molecule has 3 aromatic rings. The topological polar surface area (TPSA) is 63.4 Å². The van der Waals surface area contributed by atoms with Gasteiger partial charge in [-0.2, -0.15) is 0 Å². The average molecular weight is 455 g/mol. The average Bonchev–Trinajstić information content (AvgIpc) is 2.82. The molecule has 2 heterocycles. The van der Waals surface area contributed by atoms with Gasteiger partial charge in [0.25, 0.3) is 5.91 Å². The second-order valence-electron chi connectivity index (χ2n) is 7.29. The van der Waals surface area contributed by atoms with Crippen molar-refractivity contribution in [3.63, 3.8) is 0 Å². The predicted octanol–water partition coefficient (Wildman–Crippen LogP) is 7.64. The van der Waals surface area contributed by atoms with E-state index in [1.807, 2.05) is 67.5 Å². The minimum absolute atomic E-state index is 0.0262. The molecule has 0 unspecified atom stereocenters. The highest BCUT2D eigenvalue weighted by Crippen LogP contribution is 2.20. The van der Waals surface area contributed by atoms with Gasteiger partial charge in [0.1, 0.15) is 23.2 Å². The fraction of sp³-hybridized carbons (Fsp3) is 0.464. The minimum atomic E-state index is -0.391. The molecule has 0 aliphatic rings. The fourth-order valence-corrected chi connectivity index (χ4v) is 3.05. The number of pyridine rings is 1. The van der Waals surface area contributed by atoms with E-state index >= 15 is 0 Å². The third-order valence-corrected chi connectivity index (χ3v) is 4.30. The van der Waals surface area contributed by atoms with Crippen molar-refractivity contribution in [1.29, 1.82) is 0 Å². The first kappa shape index (κ1) is 30.0. The van der Waals surface area contributed by atoms with Crippen molar-refractivity contribution in [2.75, 3.05) is 11.4 Å².